The first-order valence-corrected chi connectivity index (χ1v) is 30.5. The highest BCUT2D eigenvalue weighted by Crippen LogP contribution is 2.44. The highest BCUT2D eigenvalue weighted by molar-refractivity contribution is 8.01. The number of hydrogen-bond donors (Lipinski definition) is 5. The Kier molecular flexibility index (Phi) is 25.6. The van der Waals surface area contributed by atoms with Gasteiger partial charge >= 0.3 is 29.8 Å². The second kappa shape index (κ2) is 28.6. The molecule has 1 aliphatic heterocycles. The third-order valence-electron chi connectivity index (χ3n) is 16.4. The van der Waals surface area contributed by atoms with Gasteiger partial charge in [-0.25, -0.2) is 14.6 Å². The van der Waals surface area contributed by atoms with Gasteiger partial charge in [0.2, 0.25) is 11.8 Å². The van der Waals surface area contributed by atoms with Gasteiger partial charge in [-0.3, -0.25) is 24.0 Å². The van der Waals surface area contributed by atoms with Crippen molar-refractivity contribution < 1.29 is 58.0 Å². The van der Waals surface area contributed by atoms with E-state index in [0.29, 0.717) is 47.2 Å². The summed E-state index contributed by atoms with van der Waals surface area (Å²) in [5.41, 5.74) is -0.0722. The molecule has 0 aliphatic carbocycles. The van der Waals surface area contributed by atoms with Gasteiger partial charge in [-0.15, -0.1) is 23.5 Å². The number of nitrogens with one attached hydrogen (secondary N) is 3. The van der Waals surface area contributed by atoms with Crippen molar-refractivity contribution in [3.05, 3.63) is 33.7 Å². The number of anilines is 1. The summed E-state index contributed by atoms with van der Waals surface area (Å²) in [7, 11) is 0. The molecule has 0 saturated heterocycles. The number of allylic oxidation sites excluding steroid dienone is 1. The fourth-order valence-electron chi connectivity index (χ4n) is 8.79. The number of aliphatic imine (C=N–C) groups is 1. The molecule has 0 radical (unpaired) electrons. The summed E-state index contributed by atoms with van der Waals surface area (Å²) in [6, 6.07) is 0. The van der Waals surface area contributed by atoms with Gasteiger partial charge in [-0.2, -0.15) is 0 Å². The van der Waals surface area contributed by atoms with Crippen LogP contribution >= 0.6 is 23.5 Å². The van der Waals surface area contributed by atoms with Crippen LogP contribution in [0.15, 0.2) is 21.8 Å². The molecule has 1 aromatic heterocycles. The quantitative estimate of drug-likeness (QED) is 0.0329. The third kappa shape index (κ3) is 19.5. The van der Waals surface area contributed by atoms with Crippen LogP contribution in [0, 0.1) is 56.7 Å². The molecule has 1 aromatic rings. The van der Waals surface area contributed by atoms with Crippen molar-refractivity contribution in [2.45, 2.75) is 226 Å². The van der Waals surface area contributed by atoms with Gasteiger partial charge < -0.3 is 40.0 Å². The molecular formula is C62H102N4O12S2. The lowest BCUT2D eigenvalue weighted by atomic mass is 9.69. The molecule has 0 spiro atoms. The van der Waals surface area contributed by atoms with Crippen molar-refractivity contribution in [3.63, 3.8) is 0 Å². The van der Waals surface area contributed by atoms with Crippen molar-refractivity contribution in [2.24, 2.45) is 61.7 Å². The number of rotatable bonds is 26. The Morgan fingerprint density at radius 3 is 1.52 bits per heavy atom. The number of H-pyrrole nitrogens is 1. The second-order valence-corrected chi connectivity index (χ2v) is 30.6. The summed E-state index contributed by atoms with van der Waals surface area (Å²) >= 11 is 2.03. The van der Waals surface area contributed by atoms with E-state index in [9.17, 15) is 34.2 Å². The minimum absolute atomic E-state index is 0.0139. The zero-order valence-corrected chi connectivity index (χ0v) is 54.8. The molecule has 0 aromatic carbocycles. The molecule has 5 N–H and O–H groups in total. The van der Waals surface area contributed by atoms with Crippen molar-refractivity contribution in [1.82, 2.24) is 10.3 Å². The number of ether oxygens (including phenoxy) is 3. The summed E-state index contributed by atoms with van der Waals surface area (Å²) in [5.74, 6) is -6.35. The number of esters is 3. The summed E-state index contributed by atoms with van der Waals surface area (Å²) in [4.78, 5) is 104. The normalized spacial score (nSPS) is 17.7. The van der Waals surface area contributed by atoms with Crippen molar-refractivity contribution in [3.8, 4) is 0 Å². The maximum Gasteiger partial charge on any atom is 0.342 e. The number of amides is 2. The van der Waals surface area contributed by atoms with Crippen molar-refractivity contribution in [2.75, 3.05) is 17.7 Å². The number of aromatic nitrogens is 1. The topological polar surface area (TPSA) is 240 Å². The second-order valence-electron chi connectivity index (χ2n) is 27.6. The van der Waals surface area contributed by atoms with Crippen LogP contribution < -0.4 is 10.6 Å². The van der Waals surface area contributed by atoms with Gasteiger partial charge in [0.1, 0.15) is 40.2 Å². The van der Waals surface area contributed by atoms with Crippen molar-refractivity contribution >= 4 is 82.9 Å². The van der Waals surface area contributed by atoms with E-state index in [2.05, 4.69) is 113 Å². The zero-order chi connectivity index (χ0) is 62.1. The first-order valence-electron chi connectivity index (χ1n) is 28.5. The predicted octanol–water partition coefficient (Wildman–Crippen LogP) is 13.6. The lowest BCUT2D eigenvalue weighted by Gasteiger charge is -2.42. The molecule has 0 fully saturated rings. The molecular weight excluding hydrogens is 1060 g/mol. The summed E-state index contributed by atoms with van der Waals surface area (Å²) in [5, 5.41) is 22.0. The number of carboxylic acids is 2. The van der Waals surface area contributed by atoms with Crippen molar-refractivity contribution in [1.29, 1.82) is 0 Å². The highest BCUT2D eigenvalue weighted by Gasteiger charge is 2.44. The summed E-state index contributed by atoms with van der Waals surface area (Å²) in [6.07, 6.45) is 0.958. The highest BCUT2D eigenvalue weighted by atomic mass is 32.2. The maximum absolute atomic E-state index is 15.3. The van der Waals surface area contributed by atoms with E-state index >= 15 is 9.59 Å². The summed E-state index contributed by atoms with van der Waals surface area (Å²) in [6.45, 7) is 50.0. The maximum atomic E-state index is 15.3. The molecule has 1 aliphatic rings. The van der Waals surface area contributed by atoms with Gasteiger partial charge in [0.25, 0.3) is 0 Å². The predicted molar refractivity (Wildman–Crippen MR) is 325 cm³/mol. The van der Waals surface area contributed by atoms with E-state index in [4.69, 9.17) is 19.2 Å². The number of aromatic amines is 1. The number of carbonyl (C=O) groups is 7. The van der Waals surface area contributed by atoms with E-state index in [1.165, 1.54) is 18.7 Å². The number of aliphatic carboxylic acids is 2. The van der Waals surface area contributed by atoms with Crippen LogP contribution in [-0.2, 0) is 43.0 Å². The van der Waals surface area contributed by atoms with Gasteiger partial charge in [0.15, 0.2) is 0 Å². The molecule has 18 heteroatoms. The molecule has 7 unspecified atom stereocenters. The smallest absolute Gasteiger partial charge is 0.342 e. The third-order valence-corrected chi connectivity index (χ3v) is 19.0. The number of nitrogens with zero attached hydrogens (tertiary/aromatic N) is 1. The van der Waals surface area contributed by atoms with Crippen LogP contribution in [0.2, 0.25) is 0 Å². The van der Waals surface area contributed by atoms with E-state index in [-0.39, 0.29) is 92.3 Å². The Labute approximate surface area is 488 Å². The first kappa shape index (κ1) is 71.5. The van der Waals surface area contributed by atoms with Crippen LogP contribution in [0.5, 0.6) is 0 Å². The minimum atomic E-state index is -1.45. The van der Waals surface area contributed by atoms with Crippen LogP contribution in [-0.4, -0.2) is 103 Å². The number of carbonyl (C=O) groups excluding carboxylic acids is 5. The number of amidine groups is 1. The number of carboxylic acid groups (broad SMARTS) is 2. The lowest BCUT2D eigenvalue weighted by molar-refractivity contribution is -0.155. The zero-order valence-electron chi connectivity index (χ0n) is 53.2. The van der Waals surface area contributed by atoms with E-state index in [1.807, 2.05) is 62.3 Å². The number of hydrogen-bond acceptors (Lipinski definition) is 13. The largest absolute Gasteiger partial charge is 0.481 e. The van der Waals surface area contributed by atoms with Gasteiger partial charge in [-0.05, 0) is 121 Å². The molecule has 16 nitrogen and oxygen atoms in total. The fourth-order valence-corrected chi connectivity index (χ4v) is 10.7. The molecule has 0 saturated carbocycles. The Morgan fingerprint density at radius 2 is 1.11 bits per heavy atom. The molecule has 80 heavy (non-hydrogen) atoms. The standard InChI is InChI=1S/C62H102N4O12S2/c1-26-62(24,25)57(75)76-28-27-29-79-38(10)52(69)65-50-46(55(73)77-48(34(6)58(12,13)14)35(7)59(15,16)17)44(32(2)3)40(63-50)30-41-45(33(4)5)47(56(74)78-49(36(8)60(18,19)20)37(9)61(21,22)23)51(64-41)66-53(70)39(11)80-42(54(71)72)31-43(67)68/h30,32-39,42,48-49,63H,26-29,31H2,1-25H3,(H,65,69)(H,67,68)(H,71,72)(H,64,66,70). The fraction of sp³-hybridized carbons (Fsp3) is 0.742. The monoisotopic (exact) mass is 1160 g/mol. The average molecular weight is 1160 g/mol. The molecule has 2 rings (SSSR count). The van der Waals surface area contributed by atoms with Gasteiger partial charge in [0, 0.05) is 5.69 Å². The molecule has 2 heterocycles. The Morgan fingerprint density at radius 1 is 0.650 bits per heavy atom. The average Bonchev–Trinajstić information content (AvgIpc) is 3.86. The Hall–Kier alpha value is -4.58. The molecule has 0 bridgehead atoms. The lowest BCUT2D eigenvalue weighted by Crippen LogP contribution is -2.44. The minimum Gasteiger partial charge on any atom is -0.481 e. The van der Waals surface area contributed by atoms with Crippen LogP contribution in [0.25, 0.3) is 6.08 Å². The molecule has 2 amide bonds. The Bertz CT molecular complexity index is 2440. The number of thioether (sulfide) groups is 2. The van der Waals surface area contributed by atoms with E-state index < -0.39 is 81.4 Å². The summed E-state index contributed by atoms with van der Waals surface area (Å²) < 4.78 is 18.9. The van der Waals surface area contributed by atoms with Crippen LogP contribution in [0.1, 0.15) is 220 Å². The van der Waals surface area contributed by atoms with Crippen LogP contribution in [0.3, 0.4) is 0 Å². The molecule has 454 valence electrons. The molecule has 7 atom stereocenters. The van der Waals surface area contributed by atoms with Crippen LogP contribution in [0.4, 0.5) is 5.82 Å². The first-order chi connectivity index (χ1) is 36.3. The Balaban J connectivity index is 3.10. The van der Waals surface area contributed by atoms with E-state index in [1.54, 1.807) is 13.0 Å². The SMILES string of the molecule is CCC(C)(C)C(=O)OCCCSC(C)C(=O)Nc1[nH]c(C=C2N=C(NC(=O)C(C)SC(CC(=O)O)C(=O)O)C(C(=O)OC(C(C)C(C)(C)C)C(C)C(C)(C)C)=C2C(C)C)c(C(C)C)c1C(=O)OC(C(C)C(C)(C)C)C(C)C(C)(C)C. The van der Waals surface area contributed by atoms with E-state index in [0.717, 1.165) is 0 Å². The van der Waals surface area contributed by atoms with Gasteiger partial charge in [0.05, 0.1) is 34.6 Å². The van der Waals surface area contributed by atoms with Gasteiger partial charge in [-0.1, -0.05) is 145 Å².